The van der Waals surface area contributed by atoms with Crippen LogP contribution in [0.1, 0.15) is 56.6 Å². The lowest BCUT2D eigenvalue weighted by molar-refractivity contribution is -0.140. The van der Waals surface area contributed by atoms with Crippen LogP contribution < -0.4 is 5.32 Å². The summed E-state index contributed by atoms with van der Waals surface area (Å²) < 4.78 is 0. The van der Waals surface area contributed by atoms with Crippen molar-refractivity contribution in [3.05, 3.63) is 64.7 Å². The zero-order chi connectivity index (χ0) is 22.9. The van der Waals surface area contributed by atoms with E-state index in [9.17, 15) is 9.59 Å². The van der Waals surface area contributed by atoms with Crippen molar-refractivity contribution in [1.82, 2.24) is 10.2 Å². The summed E-state index contributed by atoms with van der Waals surface area (Å²) in [5.41, 5.74) is 2.21. The Kier molecular flexibility index (Phi) is 9.49. The molecule has 4 nitrogen and oxygen atoms in total. The standard InChI is InChI=1S/C26H33ClN2O2S/c1-19-8-10-21(11-9-19)18-29(20(2)26(31)28-23-6-4-3-5-7-23)25(30)16-17-32-24-14-12-22(27)13-15-24/h8-15,20,23H,3-7,16-18H2,1-2H3,(H,28,31)/t20-/m0/s1. The van der Waals surface area contributed by atoms with E-state index < -0.39 is 6.04 Å². The molecule has 2 aromatic carbocycles. The van der Waals surface area contributed by atoms with Crippen molar-refractivity contribution >= 4 is 35.2 Å². The third-order valence-electron chi connectivity index (χ3n) is 5.99. The second kappa shape index (κ2) is 12.3. The maximum absolute atomic E-state index is 13.2. The molecule has 0 aliphatic heterocycles. The highest BCUT2D eigenvalue weighted by Crippen LogP contribution is 2.22. The van der Waals surface area contributed by atoms with E-state index >= 15 is 0 Å². The van der Waals surface area contributed by atoms with Crippen LogP contribution in [0.4, 0.5) is 0 Å². The average Bonchev–Trinajstić information content (AvgIpc) is 2.80. The summed E-state index contributed by atoms with van der Waals surface area (Å²) in [4.78, 5) is 29.0. The van der Waals surface area contributed by atoms with Gasteiger partial charge in [-0.1, -0.05) is 60.7 Å². The van der Waals surface area contributed by atoms with Gasteiger partial charge in [-0.15, -0.1) is 11.8 Å². The second-order valence-electron chi connectivity index (χ2n) is 8.58. The van der Waals surface area contributed by atoms with E-state index in [-0.39, 0.29) is 17.9 Å². The predicted molar refractivity (Wildman–Crippen MR) is 133 cm³/mol. The van der Waals surface area contributed by atoms with Gasteiger partial charge in [0.2, 0.25) is 11.8 Å². The van der Waals surface area contributed by atoms with Crippen molar-refractivity contribution in [2.45, 2.75) is 75.9 Å². The molecule has 172 valence electrons. The van der Waals surface area contributed by atoms with Crippen molar-refractivity contribution in [3.63, 3.8) is 0 Å². The number of hydrogen-bond acceptors (Lipinski definition) is 3. The molecule has 1 atom stereocenters. The molecule has 0 saturated heterocycles. The molecular weight excluding hydrogens is 440 g/mol. The largest absolute Gasteiger partial charge is 0.352 e. The van der Waals surface area contributed by atoms with Gasteiger partial charge in [-0.05, 0) is 56.5 Å². The predicted octanol–water partition coefficient (Wildman–Crippen LogP) is 6.00. The maximum Gasteiger partial charge on any atom is 0.242 e. The highest BCUT2D eigenvalue weighted by atomic mass is 35.5. The van der Waals surface area contributed by atoms with Crippen LogP contribution in [0.15, 0.2) is 53.4 Å². The maximum atomic E-state index is 13.2. The van der Waals surface area contributed by atoms with E-state index in [2.05, 4.69) is 5.32 Å². The quantitative estimate of drug-likeness (QED) is 0.455. The molecule has 1 N–H and O–H groups in total. The summed E-state index contributed by atoms with van der Waals surface area (Å²) >= 11 is 7.58. The Morgan fingerprint density at radius 2 is 1.72 bits per heavy atom. The van der Waals surface area contributed by atoms with Gasteiger partial charge >= 0.3 is 0 Å². The fourth-order valence-corrected chi connectivity index (χ4v) is 4.94. The molecule has 32 heavy (non-hydrogen) atoms. The second-order valence-corrected chi connectivity index (χ2v) is 10.2. The minimum atomic E-state index is -0.508. The zero-order valence-corrected chi connectivity index (χ0v) is 20.6. The molecule has 1 aliphatic carbocycles. The first-order valence-corrected chi connectivity index (χ1v) is 12.8. The van der Waals surface area contributed by atoms with Crippen LogP contribution in [0, 0.1) is 6.92 Å². The lowest BCUT2D eigenvalue weighted by Crippen LogP contribution is -2.50. The van der Waals surface area contributed by atoms with Gasteiger partial charge in [0, 0.05) is 34.7 Å². The molecule has 2 aromatic rings. The molecule has 6 heteroatoms. The van der Waals surface area contributed by atoms with Crippen LogP contribution >= 0.6 is 23.4 Å². The lowest BCUT2D eigenvalue weighted by Gasteiger charge is -2.31. The van der Waals surface area contributed by atoms with Gasteiger partial charge in [-0.2, -0.15) is 0 Å². The fourth-order valence-electron chi connectivity index (χ4n) is 3.97. The summed E-state index contributed by atoms with van der Waals surface area (Å²) in [7, 11) is 0. The van der Waals surface area contributed by atoms with E-state index in [1.165, 1.54) is 12.0 Å². The number of aryl methyl sites for hydroxylation is 1. The SMILES string of the molecule is Cc1ccc(CN(C(=O)CCSc2ccc(Cl)cc2)[C@@H](C)C(=O)NC2CCCCC2)cc1. The molecular formula is C26H33ClN2O2S. The number of thioether (sulfide) groups is 1. The number of halogens is 1. The van der Waals surface area contributed by atoms with Gasteiger partial charge in [0.05, 0.1) is 0 Å². The van der Waals surface area contributed by atoms with Crippen molar-refractivity contribution < 1.29 is 9.59 Å². The van der Waals surface area contributed by atoms with E-state index in [4.69, 9.17) is 11.6 Å². The van der Waals surface area contributed by atoms with E-state index in [1.807, 2.05) is 62.4 Å². The van der Waals surface area contributed by atoms with Crippen LogP contribution in [0.5, 0.6) is 0 Å². The Morgan fingerprint density at radius 1 is 1.06 bits per heavy atom. The fraction of sp³-hybridized carbons (Fsp3) is 0.462. The minimum Gasteiger partial charge on any atom is -0.352 e. The number of nitrogens with one attached hydrogen (secondary N) is 1. The van der Waals surface area contributed by atoms with Gasteiger partial charge in [-0.25, -0.2) is 0 Å². The third-order valence-corrected chi connectivity index (χ3v) is 7.26. The van der Waals surface area contributed by atoms with Crippen LogP contribution in [0.3, 0.4) is 0 Å². The van der Waals surface area contributed by atoms with Gasteiger partial charge in [0.15, 0.2) is 0 Å². The first-order chi connectivity index (χ1) is 15.4. The molecule has 1 aliphatic rings. The van der Waals surface area contributed by atoms with Gasteiger partial charge < -0.3 is 10.2 Å². The topological polar surface area (TPSA) is 49.4 Å². The normalized spacial score (nSPS) is 15.2. The first kappa shape index (κ1) is 24.7. The number of nitrogens with zero attached hydrogens (tertiary/aromatic N) is 1. The molecule has 0 spiro atoms. The van der Waals surface area contributed by atoms with E-state index in [1.54, 1.807) is 16.7 Å². The van der Waals surface area contributed by atoms with Crippen LogP contribution in [0.25, 0.3) is 0 Å². The van der Waals surface area contributed by atoms with E-state index in [0.717, 1.165) is 36.1 Å². The molecule has 0 aromatic heterocycles. The highest BCUT2D eigenvalue weighted by molar-refractivity contribution is 7.99. The number of rotatable bonds is 9. The molecule has 1 fully saturated rings. The smallest absolute Gasteiger partial charge is 0.242 e. The number of amides is 2. The summed E-state index contributed by atoms with van der Waals surface area (Å²) in [6.45, 7) is 4.32. The molecule has 3 rings (SSSR count). The van der Waals surface area contributed by atoms with E-state index in [0.29, 0.717) is 23.7 Å². The van der Waals surface area contributed by atoms with Crippen molar-refractivity contribution in [2.75, 3.05) is 5.75 Å². The first-order valence-electron chi connectivity index (χ1n) is 11.5. The summed E-state index contributed by atoms with van der Waals surface area (Å²) in [6.07, 6.45) is 6.00. The van der Waals surface area contributed by atoms with Gasteiger partial charge in [0.1, 0.15) is 6.04 Å². The van der Waals surface area contributed by atoms with Crippen LogP contribution in [0.2, 0.25) is 5.02 Å². The molecule has 0 heterocycles. The Balaban J connectivity index is 1.64. The Labute approximate surface area is 201 Å². The molecule has 0 unspecified atom stereocenters. The highest BCUT2D eigenvalue weighted by Gasteiger charge is 2.27. The monoisotopic (exact) mass is 472 g/mol. The Morgan fingerprint density at radius 3 is 2.38 bits per heavy atom. The van der Waals surface area contributed by atoms with Crippen molar-refractivity contribution in [2.24, 2.45) is 0 Å². The third kappa shape index (κ3) is 7.56. The summed E-state index contributed by atoms with van der Waals surface area (Å²) in [5, 5.41) is 3.89. The lowest BCUT2D eigenvalue weighted by atomic mass is 9.95. The summed E-state index contributed by atoms with van der Waals surface area (Å²) in [6, 6.07) is 15.5. The number of hydrogen-bond donors (Lipinski definition) is 1. The number of carbonyl (C=O) groups excluding carboxylic acids is 2. The Bertz CT molecular complexity index is 880. The van der Waals surface area contributed by atoms with Crippen LogP contribution in [-0.4, -0.2) is 34.6 Å². The molecule has 0 radical (unpaired) electrons. The van der Waals surface area contributed by atoms with Crippen molar-refractivity contribution in [3.8, 4) is 0 Å². The van der Waals surface area contributed by atoms with Gasteiger partial charge in [0.25, 0.3) is 0 Å². The molecule has 1 saturated carbocycles. The molecule has 2 amide bonds. The molecule has 0 bridgehead atoms. The zero-order valence-electron chi connectivity index (χ0n) is 19.0. The van der Waals surface area contributed by atoms with Gasteiger partial charge in [-0.3, -0.25) is 9.59 Å². The van der Waals surface area contributed by atoms with Crippen LogP contribution in [-0.2, 0) is 16.1 Å². The average molecular weight is 473 g/mol. The van der Waals surface area contributed by atoms with Crippen molar-refractivity contribution in [1.29, 1.82) is 0 Å². The number of benzene rings is 2. The summed E-state index contributed by atoms with van der Waals surface area (Å²) in [5.74, 6) is 0.600. The number of carbonyl (C=O) groups is 2. The minimum absolute atomic E-state index is 0.00154. The Hall–Kier alpha value is -1.98.